The fourth-order valence-corrected chi connectivity index (χ4v) is 2.46. The second kappa shape index (κ2) is 13.5. The van der Waals surface area contributed by atoms with Crippen LogP contribution in [0, 0.1) is 0 Å². The lowest BCUT2D eigenvalue weighted by Gasteiger charge is -2.11. The van der Waals surface area contributed by atoms with Crippen molar-refractivity contribution in [1.29, 1.82) is 0 Å². The van der Waals surface area contributed by atoms with Crippen LogP contribution in [-0.2, 0) is 11.0 Å². The number of unbranched alkanes of at least 4 members (excludes halogenated alkanes) is 5. The third-order valence-corrected chi connectivity index (χ3v) is 3.52. The van der Waals surface area contributed by atoms with Gasteiger partial charge in [0.05, 0.1) is 13.2 Å². The number of aliphatic hydroxyl groups excluding tert-OH is 2. The molecule has 0 bridgehead atoms. The quantitative estimate of drug-likeness (QED) is 0.382. The summed E-state index contributed by atoms with van der Waals surface area (Å²) in [6.07, 6.45) is 7.95. The van der Waals surface area contributed by atoms with E-state index >= 15 is 0 Å². The zero-order valence-electron chi connectivity index (χ0n) is 13.7. The second-order valence-electron chi connectivity index (χ2n) is 5.15. The molecule has 134 valence electrons. The number of benzene rings is 1. The highest BCUT2D eigenvalue weighted by Crippen LogP contribution is 2.39. The van der Waals surface area contributed by atoms with Crippen molar-refractivity contribution >= 4 is 7.82 Å². The summed E-state index contributed by atoms with van der Waals surface area (Å²) in [7, 11) is -4.47. The average molecular weight is 348 g/mol. The molecule has 0 spiro atoms. The van der Waals surface area contributed by atoms with E-state index in [2.05, 4.69) is 6.92 Å². The van der Waals surface area contributed by atoms with Crippen LogP contribution in [0.2, 0.25) is 0 Å². The van der Waals surface area contributed by atoms with E-state index in [0.29, 0.717) is 5.75 Å². The largest absolute Gasteiger partial charge is 0.524 e. The van der Waals surface area contributed by atoms with Crippen molar-refractivity contribution < 1.29 is 29.1 Å². The van der Waals surface area contributed by atoms with Crippen LogP contribution in [0.1, 0.15) is 51.0 Å². The number of hydrogen-bond donors (Lipinski definition) is 4. The van der Waals surface area contributed by atoms with Gasteiger partial charge in [-0.3, -0.25) is 9.79 Å². The summed E-state index contributed by atoms with van der Waals surface area (Å²) in [5.74, 6) is 0.296. The van der Waals surface area contributed by atoms with Crippen LogP contribution in [0.4, 0.5) is 0 Å². The Balaban J connectivity index is 0.00000108. The fourth-order valence-electron chi connectivity index (χ4n) is 2.02. The smallest absolute Gasteiger partial charge is 0.404 e. The van der Waals surface area contributed by atoms with Crippen LogP contribution in [0.5, 0.6) is 5.75 Å². The fraction of sp³-hybridized carbons (Fsp3) is 0.625. The molecule has 0 saturated heterocycles. The molecule has 1 aromatic rings. The predicted octanol–water partition coefficient (Wildman–Crippen LogP) is 3.03. The molecule has 0 aromatic heterocycles. The second-order valence-corrected chi connectivity index (χ2v) is 6.32. The van der Waals surface area contributed by atoms with E-state index in [1.54, 1.807) is 12.1 Å². The molecule has 7 heteroatoms. The van der Waals surface area contributed by atoms with Crippen molar-refractivity contribution in [2.45, 2.75) is 51.9 Å². The third kappa shape index (κ3) is 13.2. The van der Waals surface area contributed by atoms with E-state index in [1.165, 1.54) is 25.7 Å². The van der Waals surface area contributed by atoms with Crippen molar-refractivity contribution in [3.05, 3.63) is 29.8 Å². The van der Waals surface area contributed by atoms with E-state index in [1.807, 2.05) is 12.1 Å². The van der Waals surface area contributed by atoms with E-state index < -0.39 is 7.82 Å². The molecule has 1 rings (SSSR count). The number of rotatable bonds is 10. The molecule has 1 aromatic carbocycles. The SMILES string of the molecule is CCCCCCCCc1ccccc1OP(=O)(O)O.OCCO. The molecule has 0 unspecified atom stereocenters. The molecule has 23 heavy (non-hydrogen) atoms. The van der Waals surface area contributed by atoms with Gasteiger partial charge in [0.2, 0.25) is 0 Å². The zero-order valence-corrected chi connectivity index (χ0v) is 14.6. The molecule has 6 nitrogen and oxygen atoms in total. The van der Waals surface area contributed by atoms with Gasteiger partial charge in [0.1, 0.15) is 5.75 Å². The molecule has 0 atom stereocenters. The maximum Gasteiger partial charge on any atom is 0.524 e. The molecule has 0 fully saturated rings. The van der Waals surface area contributed by atoms with Gasteiger partial charge in [-0.05, 0) is 24.5 Å². The number of phosphoric acid groups is 1. The molecule has 4 N–H and O–H groups in total. The van der Waals surface area contributed by atoms with Crippen molar-refractivity contribution in [3.8, 4) is 5.75 Å². The number of aliphatic hydroxyl groups is 2. The van der Waals surface area contributed by atoms with Crippen LogP contribution < -0.4 is 4.52 Å². The van der Waals surface area contributed by atoms with Gasteiger partial charge in [0, 0.05) is 0 Å². The first-order valence-corrected chi connectivity index (χ1v) is 9.52. The summed E-state index contributed by atoms with van der Waals surface area (Å²) < 4.78 is 15.6. The first-order valence-electron chi connectivity index (χ1n) is 7.99. The molecular weight excluding hydrogens is 319 g/mol. The number of hydrogen-bond acceptors (Lipinski definition) is 4. The minimum atomic E-state index is -4.47. The van der Waals surface area contributed by atoms with Gasteiger partial charge in [-0.2, -0.15) is 0 Å². The summed E-state index contributed by atoms with van der Waals surface area (Å²) in [6, 6.07) is 7.04. The van der Waals surface area contributed by atoms with Crippen LogP contribution in [0.15, 0.2) is 24.3 Å². The maximum absolute atomic E-state index is 10.9. The number of para-hydroxylation sites is 1. The molecule has 0 aliphatic heterocycles. The Bertz CT molecular complexity index is 444. The van der Waals surface area contributed by atoms with E-state index in [-0.39, 0.29) is 13.2 Å². The average Bonchev–Trinajstić information content (AvgIpc) is 2.51. The van der Waals surface area contributed by atoms with Crippen LogP contribution in [0.25, 0.3) is 0 Å². The maximum atomic E-state index is 10.9. The third-order valence-electron chi connectivity index (χ3n) is 3.09. The Hall–Kier alpha value is -0.910. The van der Waals surface area contributed by atoms with E-state index in [0.717, 1.165) is 24.8 Å². The molecule has 0 heterocycles. The van der Waals surface area contributed by atoms with Crippen molar-refractivity contribution in [1.82, 2.24) is 0 Å². The Morgan fingerprint density at radius 3 is 2.09 bits per heavy atom. The minimum Gasteiger partial charge on any atom is -0.404 e. The standard InChI is InChI=1S/C14H23O4P.C2H6O2/c1-2-3-4-5-6-7-10-13-11-8-9-12-14(13)18-19(15,16)17;3-1-2-4/h8-9,11-12H,2-7,10H2,1H3,(H2,15,16,17);3-4H,1-2H2. The summed E-state index contributed by atoms with van der Waals surface area (Å²) in [5, 5.41) is 15.2. The Kier molecular flexibility index (Phi) is 13.0. The van der Waals surface area contributed by atoms with Crippen LogP contribution >= 0.6 is 7.82 Å². The molecule has 0 saturated carbocycles. The normalized spacial score (nSPS) is 10.8. The van der Waals surface area contributed by atoms with Crippen LogP contribution in [0.3, 0.4) is 0 Å². The van der Waals surface area contributed by atoms with Gasteiger partial charge >= 0.3 is 7.82 Å². The minimum absolute atomic E-state index is 0.125. The first kappa shape index (κ1) is 22.1. The highest BCUT2D eigenvalue weighted by atomic mass is 31.2. The monoisotopic (exact) mass is 348 g/mol. The highest BCUT2D eigenvalue weighted by molar-refractivity contribution is 7.46. The van der Waals surface area contributed by atoms with E-state index in [9.17, 15) is 4.57 Å². The topological polar surface area (TPSA) is 107 Å². The zero-order chi connectivity index (χ0) is 17.6. The van der Waals surface area contributed by atoms with Crippen molar-refractivity contribution in [3.63, 3.8) is 0 Å². The molecule has 0 aliphatic rings. The molecular formula is C16H29O6P. The Morgan fingerprint density at radius 2 is 1.52 bits per heavy atom. The van der Waals surface area contributed by atoms with Gasteiger partial charge in [-0.15, -0.1) is 0 Å². The van der Waals surface area contributed by atoms with Crippen molar-refractivity contribution in [2.24, 2.45) is 0 Å². The van der Waals surface area contributed by atoms with Gasteiger partial charge in [-0.1, -0.05) is 57.2 Å². The summed E-state index contributed by atoms with van der Waals surface area (Å²) in [6.45, 7) is 1.94. The number of phosphoric ester groups is 1. The van der Waals surface area contributed by atoms with Gasteiger partial charge in [0.15, 0.2) is 0 Å². The lowest BCUT2D eigenvalue weighted by Crippen LogP contribution is -1.95. The molecule has 0 amide bonds. The predicted molar refractivity (Wildman–Crippen MR) is 90.4 cm³/mol. The van der Waals surface area contributed by atoms with Gasteiger partial charge < -0.3 is 14.7 Å². The first-order chi connectivity index (χ1) is 10.9. The Morgan fingerprint density at radius 1 is 0.957 bits per heavy atom. The van der Waals surface area contributed by atoms with E-state index in [4.69, 9.17) is 24.5 Å². The summed E-state index contributed by atoms with van der Waals surface area (Å²) in [5.41, 5.74) is 0.862. The van der Waals surface area contributed by atoms with Gasteiger partial charge in [-0.25, -0.2) is 4.57 Å². The molecule has 0 radical (unpaired) electrons. The highest BCUT2D eigenvalue weighted by Gasteiger charge is 2.17. The summed E-state index contributed by atoms with van der Waals surface area (Å²) in [4.78, 5) is 17.7. The molecule has 0 aliphatic carbocycles. The van der Waals surface area contributed by atoms with Crippen molar-refractivity contribution in [2.75, 3.05) is 13.2 Å². The number of aryl methyl sites for hydroxylation is 1. The Labute approximate surface area is 138 Å². The lowest BCUT2D eigenvalue weighted by atomic mass is 10.0. The lowest BCUT2D eigenvalue weighted by molar-refractivity contribution is 0.186. The van der Waals surface area contributed by atoms with Gasteiger partial charge in [0.25, 0.3) is 0 Å². The summed E-state index contributed by atoms with van der Waals surface area (Å²) >= 11 is 0. The van der Waals surface area contributed by atoms with Crippen LogP contribution in [-0.4, -0.2) is 33.2 Å².